The van der Waals surface area contributed by atoms with Crippen molar-refractivity contribution in [3.05, 3.63) is 75.7 Å². The quantitative estimate of drug-likeness (QED) is 0.565. The molecular weight excluding hydrogens is 398 g/mol. The van der Waals surface area contributed by atoms with Crippen LogP contribution in [0.5, 0.6) is 11.5 Å². The molecule has 0 aliphatic rings. The van der Waals surface area contributed by atoms with Gasteiger partial charge in [0.25, 0.3) is 0 Å². The van der Waals surface area contributed by atoms with Gasteiger partial charge in [0.1, 0.15) is 11.5 Å². The number of carbonyl (C=O) groups excluding carboxylic acids is 1. The number of methoxy groups -OCH3 is 2. The number of hydrogen-bond acceptors (Lipinski definition) is 6. The Labute approximate surface area is 181 Å². The van der Waals surface area contributed by atoms with Gasteiger partial charge in [-0.15, -0.1) is 11.3 Å². The number of amides is 1. The molecule has 0 radical (unpaired) electrons. The van der Waals surface area contributed by atoms with Crippen molar-refractivity contribution in [3.8, 4) is 11.5 Å². The number of nitrogens with zero attached hydrogens (tertiary/aromatic N) is 2. The molecular formula is C23H27N3O3S. The van der Waals surface area contributed by atoms with E-state index in [-0.39, 0.29) is 11.9 Å². The van der Waals surface area contributed by atoms with E-state index >= 15 is 0 Å². The van der Waals surface area contributed by atoms with Crippen LogP contribution >= 0.6 is 11.3 Å². The van der Waals surface area contributed by atoms with Gasteiger partial charge in [-0.1, -0.05) is 24.3 Å². The predicted molar refractivity (Wildman–Crippen MR) is 119 cm³/mol. The molecule has 1 heterocycles. The Hall–Kier alpha value is -2.90. The fraction of sp³-hybridized carbons (Fsp3) is 0.304. The molecule has 0 saturated heterocycles. The van der Waals surface area contributed by atoms with Gasteiger partial charge < -0.3 is 14.8 Å². The summed E-state index contributed by atoms with van der Waals surface area (Å²) in [4.78, 5) is 20.2. The zero-order chi connectivity index (χ0) is 21.5. The molecule has 0 unspecified atom stereocenters. The largest absolute Gasteiger partial charge is 0.497 e. The number of benzene rings is 2. The molecule has 0 bridgehead atoms. The minimum absolute atomic E-state index is 0.0460. The van der Waals surface area contributed by atoms with Gasteiger partial charge in [-0.3, -0.25) is 9.69 Å². The van der Waals surface area contributed by atoms with Gasteiger partial charge >= 0.3 is 0 Å². The molecule has 0 aliphatic heterocycles. The molecule has 7 heteroatoms. The summed E-state index contributed by atoms with van der Waals surface area (Å²) in [5.74, 6) is 1.51. The normalized spacial score (nSPS) is 11.0. The summed E-state index contributed by atoms with van der Waals surface area (Å²) in [7, 11) is 5.21. The van der Waals surface area contributed by atoms with E-state index in [1.165, 1.54) is 0 Å². The Morgan fingerprint density at radius 1 is 1.03 bits per heavy atom. The first kappa shape index (κ1) is 21.8. The third-order valence-electron chi connectivity index (χ3n) is 4.71. The molecule has 0 fully saturated rings. The minimum atomic E-state index is -0.270. The number of carbonyl (C=O) groups is 1. The van der Waals surface area contributed by atoms with Gasteiger partial charge in [-0.25, -0.2) is 4.98 Å². The Bertz CT molecular complexity index is 907. The summed E-state index contributed by atoms with van der Waals surface area (Å²) in [5.41, 5.74) is 1.96. The van der Waals surface area contributed by atoms with Crippen LogP contribution in [0.15, 0.2) is 54.7 Å². The van der Waals surface area contributed by atoms with Crippen molar-refractivity contribution in [2.45, 2.75) is 19.5 Å². The van der Waals surface area contributed by atoms with Crippen molar-refractivity contribution in [2.75, 3.05) is 27.8 Å². The Kier molecular flexibility index (Phi) is 7.43. The monoisotopic (exact) mass is 425 g/mol. The van der Waals surface area contributed by atoms with Crippen molar-refractivity contribution >= 4 is 17.2 Å². The molecule has 0 spiro atoms. The lowest BCUT2D eigenvalue weighted by atomic mass is 9.98. The molecule has 0 saturated carbocycles. The van der Waals surface area contributed by atoms with E-state index in [9.17, 15) is 4.79 Å². The first-order valence-electron chi connectivity index (χ1n) is 9.65. The average molecular weight is 426 g/mol. The van der Waals surface area contributed by atoms with Crippen LogP contribution in [0.1, 0.15) is 27.1 Å². The third-order valence-corrected chi connectivity index (χ3v) is 5.61. The summed E-state index contributed by atoms with van der Waals surface area (Å²) in [5, 5.41) is 4.20. The van der Waals surface area contributed by atoms with Gasteiger partial charge in [0, 0.05) is 17.6 Å². The van der Waals surface area contributed by atoms with Gasteiger partial charge in [0.2, 0.25) is 5.91 Å². The van der Waals surface area contributed by atoms with Crippen molar-refractivity contribution in [1.82, 2.24) is 15.2 Å². The van der Waals surface area contributed by atoms with E-state index in [1.54, 1.807) is 25.6 Å². The first-order valence-corrected chi connectivity index (χ1v) is 10.5. The molecule has 1 amide bonds. The van der Waals surface area contributed by atoms with Gasteiger partial charge in [0.15, 0.2) is 0 Å². The van der Waals surface area contributed by atoms with Crippen molar-refractivity contribution in [1.29, 1.82) is 0 Å². The second-order valence-corrected chi connectivity index (χ2v) is 8.38. The molecule has 0 aliphatic carbocycles. The lowest BCUT2D eigenvalue weighted by Crippen LogP contribution is -2.37. The van der Waals surface area contributed by atoms with Crippen molar-refractivity contribution in [3.63, 3.8) is 0 Å². The topological polar surface area (TPSA) is 63.7 Å². The molecule has 3 rings (SSSR count). The number of rotatable bonds is 9. The second-order valence-electron chi connectivity index (χ2n) is 7.06. The standard InChI is InChI=1S/C23H27N3O3S/c1-16-24-13-21(30-16)14-26(2)15-22(27)25-23(17-5-9-19(28-3)10-6-17)18-7-11-20(29-4)12-8-18/h5-13,23H,14-15H2,1-4H3,(H,25,27). The van der Waals surface area contributed by atoms with E-state index in [1.807, 2.05) is 73.6 Å². The van der Waals surface area contributed by atoms with E-state index in [2.05, 4.69) is 10.3 Å². The minimum Gasteiger partial charge on any atom is -0.497 e. The van der Waals surface area contributed by atoms with Gasteiger partial charge in [-0.05, 0) is 49.4 Å². The maximum atomic E-state index is 12.8. The maximum Gasteiger partial charge on any atom is 0.234 e. The van der Waals surface area contributed by atoms with Crippen LogP contribution in [0.4, 0.5) is 0 Å². The molecule has 2 aromatic carbocycles. The third kappa shape index (κ3) is 5.81. The highest BCUT2D eigenvalue weighted by atomic mass is 32.1. The summed E-state index contributed by atoms with van der Waals surface area (Å²) in [6, 6.07) is 15.2. The number of nitrogens with one attached hydrogen (secondary N) is 1. The molecule has 6 nitrogen and oxygen atoms in total. The molecule has 1 aromatic heterocycles. The molecule has 0 atom stereocenters. The highest BCUT2D eigenvalue weighted by Gasteiger charge is 2.18. The Balaban J connectivity index is 1.74. The highest BCUT2D eigenvalue weighted by molar-refractivity contribution is 7.11. The highest BCUT2D eigenvalue weighted by Crippen LogP contribution is 2.26. The molecule has 1 N–H and O–H groups in total. The zero-order valence-corrected chi connectivity index (χ0v) is 18.5. The summed E-state index contributed by atoms with van der Waals surface area (Å²) < 4.78 is 10.5. The number of aryl methyl sites for hydroxylation is 1. The molecule has 158 valence electrons. The smallest absolute Gasteiger partial charge is 0.234 e. The van der Waals surface area contributed by atoms with Crippen LogP contribution in [0.3, 0.4) is 0 Å². The fourth-order valence-corrected chi connectivity index (χ4v) is 4.08. The van der Waals surface area contributed by atoms with E-state index < -0.39 is 0 Å². The van der Waals surface area contributed by atoms with Crippen LogP contribution in [-0.2, 0) is 11.3 Å². The summed E-state index contributed by atoms with van der Waals surface area (Å²) in [6.07, 6.45) is 1.87. The van der Waals surface area contributed by atoms with E-state index in [0.717, 1.165) is 32.5 Å². The Morgan fingerprint density at radius 2 is 1.57 bits per heavy atom. The fourth-order valence-electron chi connectivity index (χ4n) is 3.20. The Morgan fingerprint density at radius 3 is 2.00 bits per heavy atom. The number of hydrogen-bond donors (Lipinski definition) is 1. The van der Waals surface area contributed by atoms with Crippen LogP contribution < -0.4 is 14.8 Å². The van der Waals surface area contributed by atoms with Crippen molar-refractivity contribution in [2.24, 2.45) is 0 Å². The number of likely N-dealkylation sites (N-methyl/N-ethyl adjacent to an activating group) is 1. The van der Waals surface area contributed by atoms with Crippen LogP contribution in [0.25, 0.3) is 0 Å². The SMILES string of the molecule is COc1ccc(C(NC(=O)CN(C)Cc2cnc(C)s2)c2ccc(OC)cc2)cc1. The number of ether oxygens (including phenoxy) is 2. The summed E-state index contributed by atoms with van der Waals surface area (Å²) in [6.45, 7) is 2.96. The predicted octanol–water partition coefficient (Wildman–Crippen LogP) is 3.81. The molecule has 30 heavy (non-hydrogen) atoms. The van der Waals surface area contributed by atoms with E-state index in [0.29, 0.717) is 13.1 Å². The number of thiazole rings is 1. The average Bonchev–Trinajstić information content (AvgIpc) is 3.16. The van der Waals surface area contributed by atoms with Crippen molar-refractivity contribution < 1.29 is 14.3 Å². The second kappa shape index (κ2) is 10.2. The molecule has 3 aromatic rings. The number of aromatic nitrogens is 1. The first-order chi connectivity index (χ1) is 14.5. The van der Waals surface area contributed by atoms with Gasteiger partial charge in [-0.2, -0.15) is 0 Å². The van der Waals surface area contributed by atoms with E-state index in [4.69, 9.17) is 9.47 Å². The lowest BCUT2D eigenvalue weighted by Gasteiger charge is -2.22. The maximum absolute atomic E-state index is 12.8. The van der Waals surface area contributed by atoms with Crippen LogP contribution in [0.2, 0.25) is 0 Å². The van der Waals surface area contributed by atoms with Crippen LogP contribution in [-0.4, -0.2) is 43.6 Å². The van der Waals surface area contributed by atoms with Gasteiger partial charge in [0.05, 0.1) is 31.8 Å². The zero-order valence-electron chi connectivity index (χ0n) is 17.7. The lowest BCUT2D eigenvalue weighted by molar-refractivity contribution is -0.122. The summed E-state index contributed by atoms with van der Waals surface area (Å²) >= 11 is 1.65. The van der Waals surface area contributed by atoms with Crippen LogP contribution in [0, 0.1) is 6.92 Å².